The first-order valence-corrected chi connectivity index (χ1v) is 5.42. The van der Waals surface area contributed by atoms with Crippen molar-refractivity contribution in [3.63, 3.8) is 0 Å². The van der Waals surface area contributed by atoms with Gasteiger partial charge in [0.05, 0.1) is 0 Å². The van der Waals surface area contributed by atoms with Gasteiger partial charge in [0.15, 0.2) is 0 Å². The van der Waals surface area contributed by atoms with Crippen molar-refractivity contribution in [1.82, 2.24) is 9.97 Å². The minimum Gasteiger partial charge on any atom is -0.329 e. The molecule has 0 aliphatic carbocycles. The van der Waals surface area contributed by atoms with Gasteiger partial charge in [0.2, 0.25) is 0 Å². The van der Waals surface area contributed by atoms with E-state index in [-0.39, 0.29) is 5.82 Å². The van der Waals surface area contributed by atoms with Crippen molar-refractivity contribution in [2.24, 2.45) is 5.84 Å². The van der Waals surface area contributed by atoms with Crippen LogP contribution in [0.5, 0.6) is 0 Å². The van der Waals surface area contributed by atoms with Gasteiger partial charge in [0.1, 0.15) is 23.3 Å². The van der Waals surface area contributed by atoms with Crippen molar-refractivity contribution in [3.05, 3.63) is 42.0 Å². The van der Waals surface area contributed by atoms with Crippen molar-refractivity contribution < 1.29 is 4.39 Å². The summed E-state index contributed by atoms with van der Waals surface area (Å²) < 4.78 is 13.2. The molecule has 0 atom stereocenters. The smallest absolute Gasteiger partial charge is 0.145 e. The lowest BCUT2D eigenvalue weighted by atomic mass is 10.3. The van der Waals surface area contributed by atoms with Gasteiger partial charge in [0.25, 0.3) is 0 Å². The van der Waals surface area contributed by atoms with E-state index in [1.54, 1.807) is 37.1 Å². The second-order valence-corrected chi connectivity index (χ2v) is 3.84. The van der Waals surface area contributed by atoms with Gasteiger partial charge in [-0.25, -0.2) is 20.2 Å². The first-order chi connectivity index (χ1) is 8.60. The summed E-state index contributed by atoms with van der Waals surface area (Å²) in [5.41, 5.74) is 3.18. The normalized spacial score (nSPS) is 10.2. The van der Waals surface area contributed by atoms with E-state index in [1.807, 2.05) is 0 Å². The van der Waals surface area contributed by atoms with Crippen LogP contribution >= 0.6 is 0 Å². The number of aryl methyl sites for hydroxylation is 1. The number of nitrogen functional groups attached to an aromatic ring is 1. The molecule has 0 unspecified atom stereocenters. The first kappa shape index (κ1) is 12.3. The molecule has 18 heavy (non-hydrogen) atoms. The van der Waals surface area contributed by atoms with Crippen molar-refractivity contribution >= 4 is 17.3 Å². The van der Waals surface area contributed by atoms with E-state index in [9.17, 15) is 4.39 Å². The zero-order valence-electron chi connectivity index (χ0n) is 10.2. The number of hydrazine groups is 1. The van der Waals surface area contributed by atoms with Crippen LogP contribution in [0.4, 0.5) is 21.7 Å². The molecule has 6 heteroatoms. The molecular formula is C12H14FN5. The molecule has 0 saturated heterocycles. The standard InChI is InChI=1S/C12H14FN5/c1-8-15-11(17-14)7-12(16-8)18(2)10-5-3-4-9(13)6-10/h3-7H,14H2,1-2H3,(H,15,16,17). The van der Waals surface area contributed by atoms with E-state index in [0.29, 0.717) is 23.1 Å². The summed E-state index contributed by atoms with van der Waals surface area (Å²) in [7, 11) is 1.80. The molecule has 1 aromatic carbocycles. The maximum Gasteiger partial charge on any atom is 0.145 e. The second-order valence-electron chi connectivity index (χ2n) is 3.84. The van der Waals surface area contributed by atoms with E-state index in [0.717, 1.165) is 0 Å². The van der Waals surface area contributed by atoms with Crippen LogP contribution in [0.3, 0.4) is 0 Å². The van der Waals surface area contributed by atoms with Crippen LogP contribution in [0.25, 0.3) is 0 Å². The Morgan fingerprint density at radius 3 is 2.72 bits per heavy atom. The minimum atomic E-state index is -0.290. The molecule has 2 rings (SSSR count). The SMILES string of the molecule is Cc1nc(NN)cc(N(C)c2cccc(F)c2)n1. The van der Waals surface area contributed by atoms with Crippen LogP contribution in [0, 0.1) is 12.7 Å². The minimum absolute atomic E-state index is 0.290. The average molecular weight is 247 g/mol. The van der Waals surface area contributed by atoms with Crippen LogP contribution in [0.15, 0.2) is 30.3 Å². The van der Waals surface area contributed by atoms with Gasteiger partial charge in [-0.15, -0.1) is 0 Å². The predicted octanol–water partition coefficient (Wildman–Crippen LogP) is 1.98. The maximum absolute atomic E-state index is 13.2. The molecule has 94 valence electrons. The molecule has 0 aliphatic rings. The van der Waals surface area contributed by atoms with E-state index in [2.05, 4.69) is 15.4 Å². The third kappa shape index (κ3) is 2.54. The summed E-state index contributed by atoms with van der Waals surface area (Å²) in [5.74, 6) is 6.78. The number of benzene rings is 1. The number of hydrogen-bond donors (Lipinski definition) is 2. The summed E-state index contributed by atoms with van der Waals surface area (Å²) in [4.78, 5) is 10.1. The zero-order valence-corrected chi connectivity index (χ0v) is 10.2. The highest BCUT2D eigenvalue weighted by atomic mass is 19.1. The molecule has 3 N–H and O–H groups in total. The summed E-state index contributed by atoms with van der Waals surface area (Å²) >= 11 is 0. The number of nitrogens with zero attached hydrogens (tertiary/aromatic N) is 3. The fourth-order valence-electron chi connectivity index (χ4n) is 1.61. The van der Waals surface area contributed by atoms with E-state index < -0.39 is 0 Å². The van der Waals surface area contributed by atoms with Gasteiger partial charge in [-0.05, 0) is 25.1 Å². The van der Waals surface area contributed by atoms with Crippen LogP contribution in [0.1, 0.15) is 5.82 Å². The largest absolute Gasteiger partial charge is 0.329 e. The van der Waals surface area contributed by atoms with E-state index >= 15 is 0 Å². The lowest BCUT2D eigenvalue weighted by Gasteiger charge is -2.19. The number of rotatable bonds is 3. The molecule has 0 amide bonds. The van der Waals surface area contributed by atoms with Gasteiger partial charge in [-0.3, -0.25) is 0 Å². The third-order valence-corrected chi connectivity index (χ3v) is 2.51. The van der Waals surface area contributed by atoms with Crippen molar-refractivity contribution in [2.75, 3.05) is 17.4 Å². The lowest BCUT2D eigenvalue weighted by Crippen LogP contribution is -2.15. The van der Waals surface area contributed by atoms with E-state index in [4.69, 9.17) is 5.84 Å². The molecule has 0 radical (unpaired) electrons. The Morgan fingerprint density at radius 1 is 1.28 bits per heavy atom. The van der Waals surface area contributed by atoms with Crippen molar-refractivity contribution in [3.8, 4) is 0 Å². The first-order valence-electron chi connectivity index (χ1n) is 5.42. The lowest BCUT2D eigenvalue weighted by molar-refractivity contribution is 0.628. The molecule has 2 aromatic rings. The number of hydrogen-bond acceptors (Lipinski definition) is 5. The van der Waals surface area contributed by atoms with Gasteiger partial charge in [-0.2, -0.15) is 0 Å². The molecule has 0 bridgehead atoms. The number of aromatic nitrogens is 2. The Labute approximate surface area is 104 Å². The average Bonchev–Trinajstić information content (AvgIpc) is 2.37. The molecule has 0 spiro atoms. The summed E-state index contributed by atoms with van der Waals surface area (Å²) in [6.07, 6.45) is 0. The van der Waals surface area contributed by atoms with Gasteiger partial charge in [0, 0.05) is 18.8 Å². The predicted molar refractivity (Wildman–Crippen MR) is 69.0 cm³/mol. The number of nitrogens with two attached hydrogens (primary N) is 1. The van der Waals surface area contributed by atoms with Gasteiger partial charge < -0.3 is 10.3 Å². The molecule has 1 heterocycles. The Morgan fingerprint density at radius 2 is 2.06 bits per heavy atom. The Balaban J connectivity index is 2.39. The highest BCUT2D eigenvalue weighted by Gasteiger charge is 2.08. The van der Waals surface area contributed by atoms with Gasteiger partial charge in [-0.1, -0.05) is 6.07 Å². The summed E-state index contributed by atoms with van der Waals surface area (Å²) in [6, 6.07) is 7.98. The van der Waals surface area contributed by atoms with Crippen LogP contribution in [-0.4, -0.2) is 17.0 Å². The highest BCUT2D eigenvalue weighted by molar-refractivity contribution is 5.61. The van der Waals surface area contributed by atoms with E-state index in [1.165, 1.54) is 12.1 Å². The fourth-order valence-corrected chi connectivity index (χ4v) is 1.61. The molecule has 0 saturated carbocycles. The van der Waals surface area contributed by atoms with Crippen molar-refractivity contribution in [1.29, 1.82) is 0 Å². The second kappa shape index (κ2) is 4.97. The Hall–Kier alpha value is -2.21. The van der Waals surface area contributed by atoms with Crippen molar-refractivity contribution in [2.45, 2.75) is 6.92 Å². The molecule has 0 fully saturated rings. The molecular weight excluding hydrogens is 233 g/mol. The number of anilines is 3. The van der Waals surface area contributed by atoms with Crippen LogP contribution in [0.2, 0.25) is 0 Å². The Bertz CT molecular complexity index is 558. The van der Waals surface area contributed by atoms with Crippen LogP contribution in [-0.2, 0) is 0 Å². The number of halogens is 1. The maximum atomic E-state index is 13.2. The Kier molecular flexibility index (Phi) is 3.38. The fraction of sp³-hybridized carbons (Fsp3) is 0.167. The zero-order chi connectivity index (χ0) is 13.1. The highest BCUT2D eigenvalue weighted by Crippen LogP contribution is 2.23. The molecule has 0 aliphatic heterocycles. The monoisotopic (exact) mass is 247 g/mol. The van der Waals surface area contributed by atoms with Gasteiger partial charge >= 0.3 is 0 Å². The number of nitrogens with one attached hydrogen (secondary N) is 1. The van der Waals surface area contributed by atoms with Crippen LogP contribution < -0.4 is 16.2 Å². The molecule has 1 aromatic heterocycles. The topological polar surface area (TPSA) is 67.1 Å². The molecule has 5 nitrogen and oxygen atoms in total. The third-order valence-electron chi connectivity index (χ3n) is 2.51. The quantitative estimate of drug-likeness (QED) is 0.641. The summed E-state index contributed by atoms with van der Waals surface area (Å²) in [6.45, 7) is 1.77. The summed E-state index contributed by atoms with van der Waals surface area (Å²) in [5, 5.41) is 0.